The van der Waals surface area contributed by atoms with Crippen LogP contribution in [0.15, 0.2) is 36.7 Å². The second kappa shape index (κ2) is 6.99. The molecule has 0 radical (unpaired) electrons. The van der Waals surface area contributed by atoms with Gasteiger partial charge in [-0.2, -0.15) is 5.10 Å². The molecule has 3 aliphatic rings. The predicted octanol–water partition coefficient (Wildman–Crippen LogP) is 2.24. The van der Waals surface area contributed by atoms with Crippen LogP contribution < -0.4 is 10.6 Å². The Bertz CT molecular complexity index is 954. The lowest BCUT2D eigenvalue weighted by molar-refractivity contribution is -0.137. The molecule has 152 valence electrons. The highest BCUT2D eigenvalue weighted by atomic mass is 16.2. The van der Waals surface area contributed by atoms with Gasteiger partial charge >= 0.3 is 0 Å². The Kier molecular flexibility index (Phi) is 4.42. The number of benzene rings is 1. The summed E-state index contributed by atoms with van der Waals surface area (Å²) in [5.74, 6) is -0.490. The van der Waals surface area contributed by atoms with Gasteiger partial charge in [-0.15, -0.1) is 0 Å². The van der Waals surface area contributed by atoms with Gasteiger partial charge in [0.1, 0.15) is 5.54 Å². The summed E-state index contributed by atoms with van der Waals surface area (Å²) >= 11 is 0. The van der Waals surface area contributed by atoms with Crippen molar-refractivity contribution in [1.29, 1.82) is 0 Å². The van der Waals surface area contributed by atoms with E-state index in [9.17, 15) is 9.59 Å². The van der Waals surface area contributed by atoms with E-state index in [2.05, 4.69) is 27.6 Å². The van der Waals surface area contributed by atoms with Gasteiger partial charge in [0.2, 0.25) is 11.8 Å². The van der Waals surface area contributed by atoms with Gasteiger partial charge in [-0.05, 0) is 38.3 Å². The maximum Gasteiger partial charge on any atom is 0.250 e. The monoisotopic (exact) mass is 393 g/mol. The van der Waals surface area contributed by atoms with Crippen LogP contribution in [0.3, 0.4) is 0 Å². The molecule has 3 atom stereocenters. The van der Waals surface area contributed by atoms with Gasteiger partial charge in [0.05, 0.1) is 12.1 Å². The van der Waals surface area contributed by atoms with Gasteiger partial charge in [0.15, 0.2) is 0 Å². The molecule has 1 aromatic heterocycles. The van der Waals surface area contributed by atoms with Crippen molar-refractivity contribution in [3.8, 4) is 0 Å². The second-order valence-corrected chi connectivity index (χ2v) is 8.37. The molecule has 3 aliphatic heterocycles. The first-order valence-corrected chi connectivity index (χ1v) is 10.6. The normalized spacial score (nSPS) is 27.8. The van der Waals surface area contributed by atoms with Gasteiger partial charge in [-0.1, -0.05) is 25.1 Å². The van der Waals surface area contributed by atoms with E-state index >= 15 is 0 Å². The number of aryl methyl sites for hydroxylation is 1. The molecule has 4 heterocycles. The minimum atomic E-state index is -0.881. The molecule has 1 spiro atoms. The lowest BCUT2D eigenvalue weighted by Gasteiger charge is -2.36. The molecule has 7 heteroatoms. The van der Waals surface area contributed by atoms with Crippen molar-refractivity contribution in [2.24, 2.45) is 5.92 Å². The zero-order chi connectivity index (χ0) is 20.0. The van der Waals surface area contributed by atoms with Gasteiger partial charge in [-0.3, -0.25) is 19.2 Å². The van der Waals surface area contributed by atoms with E-state index in [-0.39, 0.29) is 23.8 Å². The Hall–Kier alpha value is -2.67. The van der Waals surface area contributed by atoms with E-state index in [0.29, 0.717) is 6.54 Å². The Labute approximate surface area is 170 Å². The van der Waals surface area contributed by atoms with Crippen molar-refractivity contribution in [3.63, 3.8) is 0 Å². The molecule has 0 bridgehead atoms. The average Bonchev–Trinajstić information content (AvgIpc) is 3.46. The highest BCUT2D eigenvalue weighted by Crippen LogP contribution is 2.55. The van der Waals surface area contributed by atoms with Crippen LogP contribution in [0.5, 0.6) is 0 Å². The molecule has 0 saturated carbocycles. The van der Waals surface area contributed by atoms with Crippen molar-refractivity contribution in [1.82, 2.24) is 20.0 Å². The number of nitrogens with one attached hydrogen (secondary N) is 2. The Morgan fingerprint density at radius 2 is 2.24 bits per heavy atom. The van der Waals surface area contributed by atoms with Crippen LogP contribution in [0.2, 0.25) is 0 Å². The molecule has 2 fully saturated rings. The fourth-order valence-electron chi connectivity index (χ4n) is 5.54. The number of carbonyl (C=O) groups is 2. The van der Waals surface area contributed by atoms with Crippen LogP contribution in [0.4, 0.5) is 5.69 Å². The third-order valence-electron chi connectivity index (χ3n) is 6.70. The summed E-state index contributed by atoms with van der Waals surface area (Å²) in [5.41, 5.74) is 1.89. The number of nitrogens with zero attached hydrogens (tertiary/aromatic N) is 3. The minimum Gasteiger partial charge on any atom is -0.352 e. The maximum absolute atomic E-state index is 13.4. The summed E-state index contributed by atoms with van der Waals surface area (Å²) in [5, 5.41) is 10.5. The highest BCUT2D eigenvalue weighted by molar-refractivity contribution is 6.09. The first kappa shape index (κ1) is 18.4. The van der Waals surface area contributed by atoms with E-state index in [4.69, 9.17) is 0 Å². The standard InChI is InChI=1S/C22H27N5O2/c1-2-9-26-14-15(13-24-26)12-23-20(28)18-11-16-6-5-10-27(16)22(18)17-7-3-4-8-19(17)25-21(22)29/h3-4,7-8,13-14,16,18H,2,5-6,9-12H2,1H3,(H,23,28)(H,25,29)/t16-,18+,22+/m1/s1. The molecule has 1 aromatic carbocycles. The second-order valence-electron chi connectivity index (χ2n) is 8.37. The van der Waals surface area contributed by atoms with Crippen LogP contribution in [0, 0.1) is 5.92 Å². The Balaban J connectivity index is 1.42. The number of hydrogen-bond acceptors (Lipinski definition) is 4. The molecule has 5 rings (SSSR count). The molecular weight excluding hydrogens is 366 g/mol. The molecule has 2 saturated heterocycles. The van der Waals surface area contributed by atoms with Crippen molar-refractivity contribution >= 4 is 17.5 Å². The first-order valence-electron chi connectivity index (χ1n) is 10.6. The van der Waals surface area contributed by atoms with Crippen molar-refractivity contribution in [3.05, 3.63) is 47.8 Å². The summed E-state index contributed by atoms with van der Waals surface area (Å²) in [6, 6.07) is 8.11. The molecular formula is C22H27N5O2. The molecule has 2 aromatic rings. The number of fused-ring (bicyclic) bond motifs is 4. The number of amides is 2. The van der Waals surface area contributed by atoms with Crippen LogP contribution in [-0.4, -0.2) is 39.1 Å². The van der Waals surface area contributed by atoms with E-state index in [0.717, 1.165) is 55.6 Å². The van der Waals surface area contributed by atoms with E-state index in [1.807, 2.05) is 35.1 Å². The number of aromatic nitrogens is 2. The largest absolute Gasteiger partial charge is 0.352 e. The zero-order valence-electron chi connectivity index (χ0n) is 16.7. The smallest absolute Gasteiger partial charge is 0.250 e. The molecule has 0 aliphatic carbocycles. The zero-order valence-corrected chi connectivity index (χ0v) is 16.7. The summed E-state index contributed by atoms with van der Waals surface area (Å²) in [4.78, 5) is 29.0. The lowest BCUT2D eigenvalue weighted by Crippen LogP contribution is -2.54. The van der Waals surface area contributed by atoms with Gasteiger partial charge in [-0.25, -0.2) is 0 Å². The van der Waals surface area contributed by atoms with Crippen molar-refractivity contribution < 1.29 is 9.59 Å². The average molecular weight is 393 g/mol. The van der Waals surface area contributed by atoms with E-state index in [1.165, 1.54) is 0 Å². The number of rotatable bonds is 5. The third kappa shape index (κ3) is 2.71. The minimum absolute atomic E-state index is 0.0468. The van der Waals surface area contributed by atoms with Crippen molar-refractivity contribution in [2.45, 2.75) is 57.3 Å². The lowest BCUT2D eigenvalue weighted by atomic mass is 9.78. The third-order valence-corrected chi connectivity index (χ3v) is 6.70. The van der Waals surface area contributed by atoms with Crippen LogP contribution in [0.1, 0.15) is 43.7 Å². The molecule has 2 amide bonds. The van der Waals surface area contributed by atoms with Gasteiger partial charge in [0, 0.05) is 42.1 Å². The maximum atomic E-state index is 13.4. The number of anilines is 1. The van der Waals surface area contributed by atoms with E-state index in [1.54, 1.807) is 6.20 Å². The molecule has 7 nitrogen and oxygen atoms in total. The SMILES string of the molecule is CCCn1cc(CNC(=O)[C@@H]2C[C@H]3CCCN3[C@]23C(=O)Nc2ccccc23)cn1. The summed E-state index contributed by atoms with van der Waals surface area (Å²) in [6.45, 7) is 4.27. The van der Waals surface area contributed by atoms with E-state index < -0.39 is 5.54 Å². The fourth-order valence-corrected chi connectivity index (χ4v) is 5.54. The summed E-state index contributed by atoms with van der Waals surface area (Å²) in [7, 11) is 0. The topological polar surface area (TPSA) is 79.3 Å². The predicted molar refractivity (Wildman–Crippen MR) is 109 cm³/mol. The molecule has 0 unspecified atom stereocenters. The summed E-state index contributed by atoms with van der Waals surface area (Å²) in [6.07, 6.45) is 7.64. The highest BCUT2D eigenvalue weighted by Gasteiger charge is 2.65. The molecule has 29 heavy (non-hydrogen) atoms. The number of para-hydroxylation sites is 1. The van der Waals surface area contributed by atoms with Crippen LogP contribution in [0.25, 0.3) is 0 Å². The Morgan fingerprint density at radius 3 is 3.10 bits per heavy atom. The first-order chi connectivity index (χ1) is 14.1. The van der Waals surface area contributed by atoms with Gasteiger partial charge in [0.25, 0.3) is 0 Å². The van der Waals surface area contributed by atoms with Crippen molar-refractivity contribution in [2.75, 3.05) is 11.9 Å². The Morgan fingerprint density at radius 1 is 1.38 bits per heavy atom. The van der Waals surface area contributed by atoms with Gasteiger partial charge < -0.3 is 10.6 Å². The van der Waals surface area contributed by atoms with Crippen LogP contribution in [-0.2, 0) is 28.2 Å². The quantitative estimate of drug-likeness (QED) is 0.817. The fraction of sp³-hybridized carbons (Fsp3) is 0.500. The van der Waals surface area contributed by atoms with Crippen LogP contribution >= 0.6 is 0 Å². The number of hydrogen-bond donors (Lipinski definition) is 2. The molecule has 2 N–H and O–H groups in total. The number of carbonyl (C=O) groups excluding carboxylic acids is 2. The summed E-state index contributed by atoms with van der Waals surface area (Å²) < 4.78 is 1.90.